The molecule has 0 aliphatic carbocycles. The first-order valence-corrected chi connectivity index (χ1v) is 5.93. The molecule has 0 aromatic heterocycles. The van der Waals surface area contributed by atoms with Crippen LogP contribution < -0.4 is 10.6 Å². The van der Waals surface area contributed by atoms with Crippen LogP contribution >= 0.6 is 0 Å². The van der Waals surface area contributed by atoms with Crippen LogP contribution in [-0.4, -0.2) is 50.0 Å². The van der Waals surface area contributed by atoms with Gasteiger partial charge in [-0.2, -0.15) is 0 Å². The first-order valence-electron chi connectivity index (χ1n) is 5.93. The summed E-state index contributed by atoms with van der Waals surface area (Å²) in [5, 5.41) is 14.8. The van der Waals surface area contributed by atoms with Gasteiger partial charge in [0.2, 0.25) is 5.91 Å². The fraction of sp³-hybridized carbons (Fsp3) is 0.909. The number of hydrogen-bond donors (Lipinski definition) is 3. The molecular weight excluding hydrogens is 208 g/mol. The molecule has 0 aromatic rings. The van der Waals surface area contributed by atoms with Crippen LogP contribution in [-0.2, 0) is 9.53 Å². The van der Waals surface area contributed by atoms with Crippen molar-refractivity contribution in [3.05, 3.63) is 0 Å². The summed E-state index contributed by atoms with van der Waals surface area (Å²) >= 11 is 0. The SMILES string of the molecule is CC(CO)CCCNC(=O)C1COCCN1. The molecule has 1 rings (SSSR count). The van der Waals surface area contributed by atoms with Crippen molar-refractivity contribution in [2.45, 2.75) is 25.8 Å². The van der Waals surface area contributed by atoms with E-state index in [1.807, 2.05) is 6.92 Å². The predicted molar refractivity (Wildman–Crippen MR) is 61.1 cm³/mol. The maximum Gasteiger partial charge on any atom is 0.239 e. The minimum absolute atomic E-state index is 0.0105. The number of carbonyl (C=O) groups is 1. The van der Waals surface area contributed by atoms with Gasteiger partial charge >= 0.3 is 0 Å². The summed E-state index contributed by atoms with van der Waals surface area (Å²) < 4.78 is 5.21. The number of carbonyl (C=O) groups excluding carboxylic acids is 1. The molecule has 1 amide bonds. The summed E-state index contributed by atoms with van der Waals surface area (Å²) in [7, 11) is 0. The second-order valence-corrected chi connectivity index (χ2v) is 4.30. The molecule has 0 saturated carbocycles. The second kappa shape index (κ2) is 7.60. The van der Waals surface area contributed by atoms with Crippen molar-refractivity contribution in [3.63, 3.8) is 0 Å². The lowest BCUT2D eigenvalue weighted by Gasteiger charge is -2.22. The summed E-state index contributed by atoms with van der Waals surface area (Å²) in [6.07, 6.45) is 1.84. The topological polar surface area (TPSA) is 70.6 Å². The molecule has 0 aromatic carbocycles. The zero-order valence-corrected chi connectivity index (χ0v) is 9.87. The highest BCUT2D eigenvalue weighted by Gasteiger charge is 2.20. The van der Waals surface area contributed by atoms with Crippen molar-refractivity contribution in [2.75, 3.05) is 32.9 Å². The van der Waals surface area contributed by atoms with Gasteiger partial charge in [0.1, 0.15) is 6.04 Å². The Morgan fingerprint density at radius 2 is 2.50 bits per heavy atom. The zero-order valence-electron chi connectivity index (χ0n) is 9.87. The highest BCUT2D eigenvalue weighted by molar-refractivity contribution is 5.81. The number of rotatable bonds is 6. The number of nitrogens with one attached hydrogen (secondary N) is 2. The van der Waals surface area contributed by atoms with Crippen molar-refractivity contribution >= 4 is 5.91 Å². The Hall–Kier alpha value is -0.650. The third-order valence-corrected chi connectivity index (χ3v) is 2.72. The lowest BCUT2D eigenvalue weighted by molar-refractivity contribution is -0.125. The standard InChI is InChI=1S/C11H22N2O3/c1-9(7-14)3-2-4-13-11(15)10-8-16-6-5-12-10/h9-10,12,14H,2-8H2,1H3,(H,13,15). The van der Waals surface area contributed by atoms with E-state index in [-0.39, 0.29) is 18.6 Å². The minimum Gasteiger partial charge on any atom is -0.396 e. The van der Waals surface area contributed by atoms with Crippen LogP contribution in [0.5, 0.6) is 0 Å². The third-order valence-electron chi connectivity index (χ3n) is 2.72. The van der Waals surface area contributed by atoms with Crippen LogP contribution in [0.4, 0.5) is 0 Å². The van der Waals surface area contributed by atoms with E-state index >= 15 is 0 Å². The van der Waals surface area contributed by atoms with Crippen LogP contribution in [0.25, 0.3) is 0 Å². The van der Waals surface area contributed by atoms with Gasteiger partial charge in [0.25, 0.3) is 0 Å². The van der Waals surface area contributed by atoms with Crippen molar-refractivity contribution in [2.24, 2.45) is 5.92 Å². The van der Waals surface area contributed by atoms with E-state index in [0.29, 0.717) is 25.7 Å². The van der Waals surface area contributed by atoms with Gasteiger partial charge in [-0.3, -0.25) is 4.79 Å². The van der Waals surface area contributed by atoms with E-state index < -0.39 is 0 Å². The summed E-state index contributed by atoms with van der Waals surface area (Å²) in [5.41, 5.74) is 0. The maximum atomic E-state index is 11.6. The van der Waals surface area contributed by atoms with Crippen LogP contribution in [0.2, 0.25) is 0 Å². The van der Waals surface area contributed by atoms with Crippen molar-refractivity contribution in [1.82, 2.24) is 10.6 Å². The van der Waals surface area contributed by atoms with E-state index in [1.54, 1.807) is 0 Å². The average molecular weight is 230 g/mol. The molecule has 0 bridgehead atoms. The summed E-state index contributed by atoms with van der Waals surface area (Å²) in [5.74, 6) is 0.324. The Bertz CT molecular complexity index is 205. The number of morpholine rings is 1. The average Bonchev–Trinajstić information content (AvgIpc) is 2.35. The molecule has 5 heteroatoms. The summed E-state index contributed by atoms with van der Waals surface area (Å²) in [6, 6.07) is -0.205. The third kappa shape index (κ3) is 4.92. The van der Waals surface area contributed by atoms with Crippen molar-refractivity contribution < 1.29 is 14.6 Å². The van der Waals surface area contributed by atoms with E-state index in [2.05, 4.69) is 10.6 Å². The molecule has 0 radical (unpaired) electrons. The fourth-order valence-electron chi connectivity index (χ4n) is 1.61. The second-order valence-electron chi connectivity index (χ2n) is 4.30. The van der Waals surface area contributed by atoms with E-state index in [1.165, 1.54) is 0 Å². The summed E-state index contributed by atoms with van der Waals surface area (Å²) in [4.78, 5) is 11.6. The van der Waals surface area contributed by atoms with Crippen molar-refractivity contribution in [3.8, 4) is 0 Å². The van der Waals surface area contributed by atoms with Gasteiger partial charge in [-0.1, -0.05) is 6.92 Å². The summed E-state index contributed by atoms with van der Waals surface area (Å²) in [6.45, 7) is 4.75. The van der Waals surface area contributed by atoms with Gasteiger partial charge in [0, 0.05) is 19.7 Å². The van der Waals surface area contributed by atoms with E-state index in [4.69, 9.17) is 9.84 Å². The first kappa shape index (κ1) is 13.4. The molecule has 94 valence electrons. The Labute approximate surface area is 96.6 Å². The minimum atomic E-state index is -0.205. The van der Waals surface area contributed by atoms with Gasteiger partial charge < -0.3 is 20.5 Å². The number of hydrogen-bond acceptors (Lipinski definition) is 4. The molecule has 1 aliphatic heterocycles. The van der Waals surface area contributed by atoms with E-state index in [0.717, 1.165) is 19.4 Å². The smallest absolute Gasteiger partial charge is 0.239 e. The van der Waals surface area contributed by atoms with Crippen molar-refractivity contribution in [1.29, 1.82) is 0 Å². The highest BCUT2D eigenvalue weighted by Crippen LogP contribution is 2.02. The van der Waals surface area contributed by atoms with Crippen LogP contribution in [0.15, 0.2) is 0 Å². The molecule has 1 saturated heterocycles. The predicted octanol–water partition coefficient (Wildman–Crippen LogP) is -0.500. The van der Waals surface area contributed by atoms with Gasteiger partial charge in [0.15, 0.2) is 0 Å². The maximum absolute atomic E-state index is 11.6. The van der Waals surface area contributed by atoms with Gasteiger partial charge in [-0.05, 0) is 18.8 Å². The molecule has 1 aliphatic rings. The molecular formula is C11H22N2O3. The molecule has 16 heavy (non-hydrogen) atoms. The first-order chi connectivity index (χ1) is 7.74. The Morgan fingerprint density at radius 1 is 1.69 bits per heavy atom. The van der Waals surface area contributed by atoms with Gasteiger partial charge in [-0.25, -0.2) is 0 Å². The lowest BCUT2D eigenvalue weighted by Crippen LogP contribution is -2.51. The van der Waals surface area contributed by atoms with Gasteiger partial charge in [0.05, 0.1) is 13.2 Å². The monoisotopic (exact) mass is 230 g/mol. The Balaban J connectivity index is 2.05. The van der Waals surface area contributed by atoms with Gasteiger partial charge in [-0.15, -0.1) is 0 Å². The highest BCUT2D eigenvalue weighted by atomic mass is 16.5. The Morgan fingerprint density at radius 3 is 3.12 bits per heavy atom. The number of aliphatic hydroxyl groups excluding tert-OH is 1. The molecule has 3 N–H and O–H groups in total. The molecule has 2 unspecified atom stereocenters. The number of amides is 1. The lowest BCUT2D eigenvalue weighted by atomic mass is 10.1. The number of ether oxygens (including phenoxy) is 1. The van der Waals surface area contributed by atoms with E-state index in [9.17, 15) is 4.79 Å². The number of aliphatic hydroxyl groups is 1. The largest absolute Gasteiger partial charge is 0.396 e. The quantitative estimate of drug-likeness (QED) is 0.538. The van der Waals surface area contributed by atoms with Crippen LogP contribution in [0.1, 0.15) is 19.8 Å². The normalized spacial score (nSPS) is 22.8. The molecule has 1 fully saturated rings. The molecule has 1 heterocycles. The zero-order chi connectivity index (χ0) is 11.8. The molecule has 5 nitrogen and oxygen atoms in total. The van der Waals surface area contributed by atoms with Crippen LogP contribution in [0, 0.1) is 5.92 Å². The molecule has 2 atom stereocenters. The Kier molecular flexibility index (Phi) is 6.37. The van der Waals surface area contributed by atoms with Crippen LogP contribution in [0.3, 0.4) is 0 Å². The molecule has 0 spiro atoms. The fourth-order valence-corrected chi connectivity index (χ4v) is 1.61.